The van der Waals surface area contributed by atoms with Crippen molar-refractivity contribution in [1.29, 1.82) is 0 Å². The zero-order chi connectivity index (χ0) is 22.9. The van der Waals surface area contributed by atoms with Crippen LogP contribution in [0.5, 0.6) is 11.5 Å². The second-order valence-electron chi connectivity index (χ2n) is 7.92. The van der Waals surface area contributed by atoms with E-state index in [0.29, 0.717) is 37.8 Å². The van der Waals surface area contributed by atoms with Crippen LogP contribution in [0.25, 0.3) is 0 Å². The van der Waals surface area contributed by atoms with Gasteiger partial charge in [0.1, 0.15) is 0 Å². The molecule has 1 aromatic carbocycles. The van der Waals surface area contributed by atoms with Crippen LogP contribution < -0.4 is 9.47 Å². The number of esters is 1. The number of likely N-dealkylation sites (tertiary alicyclic amines) is 1. The summed E-state index contributed by atoms with van der Waals surface area (Å²) in [5.74, 6) is -0.216. The van der Waals surface area contributed by atoms with Crippen LogP contribution in [0, 0.1) is 0 Å². The van der Waals surface area contributed by atoms with E-state index in [4.69, 9.17) is 18.9 Å². The number of carbonyl (C=O) groups is 3. The van der Waals surface area contributed by atoms with Gasteiger partial charge in [-0.15, -0.1) is 0 Å². The molecule has 0 N–H and O–H groups in total. The molecule has 1 aromatic rings. The van der Waals surface area contributed by atoms with Crippen molar-refractivity contribution in [2.75, 3.05) is 52.6 Å². The Labute approximate surface area is 188 Å². The van der Waals surface area contributed by atoms with Crippen molar-refractivity contribution in [3.8, 4) is 11.5 Å². The number of ether oxygens (including phenoxy) is 4. The summed E-state index contributed by atoms with van der Waals surface area (Å²) in [6, 6.07) is 4.62. The molecule has 2 amide bonds. The largest absolute Gasteiger partial charge is 0.490 e. The number of piperidine rings is 1. The topological polar surface area (TPSA) is 94.6 Å². The van der Waals surface area contributed by atoms with Crippen molar-refractivity contribution < 1.29 is 33.3 Å². The minimum Gasteiger partial charge on any atom is -0.490 e. The van der Waals surface area contributed by atoms with Gasteiger partial charge in [-0.05, 0) is 51.3 Å². The maximum atomic E-state index is 12.5. The van der Waals surface area contributed by atoms with Gasteiger partial charge in [0.2, 0.25) is 0 Å². The number of hydrogen-bond donors (Lipinski definition) is 0. The molecular weight excluding hydrogens is 416 g/mol. The van der Waals surface area contributed by atoms with Gasteiger partial charge in [-0.2, -0.15) is 0 Å². The first-order chi connectivity index (χ1) is 15.5. The average Bonchev–Trinajstić information content (AvgIpc) is 2.82. The fraction of sp³-hybridized carbons (Fsp3) is 0.609. The first kappa shape index (κ1) is 23.8. The van der Waals surface area contributed by atoms with Crippen LogP contribution in [0.3, 0.4) is 0 Å². The summed E-state index contributed by atoms with van der Waals surface area (Å²) in [6.45, 7) is 6.60. The van der Waals surface area contributed by atoms with Gasteiger partial charge < -0.3 is 28.7 Å². The smallest absolute Gasteiger partial charge is 0.338 e. The highest BCUT2D eigenvalue weighted by Crippen LogP contribution is 2.29. The molecule has 0 aliphatic carbocycles. The van der Waals surface area contributed by atoms with E-state index < -0.39 is 5.97 Å². The third-order valence-corrected chi connectivity index (χ3v) is 5.46. The predicted molar refractivity (Wildman–Crippen MR) is 116 cm³/mol. The summed E-state index contributed by atoms with van der Waals surface area (Å²) in [7, 11) is 0. The Kier molecular flexibility index (Phi) is 8.72. The maximum Gasteiger partial charge on any atom is 0.338 e. The minimum atomic E-state index is -0.628. The van der Waals surface area contributed by atoms with Crippen LogP contribution in [0.4, 0.5) is 0 Å². The molecule has 9 heteroatoms. The second-order valence-corrected chi connectivity index (χ2v) is 7.92. The van der Waals surface area contributed by atoms with E-state index in [1.807, 2.05) is 18.7 Å². The summed E-state index contributed by atoms with van der Waals surface area (Å²) in [6.07, 6.45) is 3.14. The van der Waals surface area contributed by atoms with Crippen molar-refractivity contribution in [3.05, 3.63) is 23.8 Å². The molecule has 2 aliphatic rings. The average molecular weight is 449 g/mol. The number of carbonyl (C=O) groups excluding carboxylic acids is 3. The molecule has 32 heavy (non-hydrogen) atoms. The van der Waals surface area contributed by atoms with E-state index in [2.05, 4.69) is 0 Å². The molecule has 0 aromatic heterocycles. The number of hydrogen-bond acceptors (Lipinski definition) is 7. The van der Waals surface area contributed by atoms with E-state index in [9.17, 15) is 14.4 Å². The number of rotatable bonds is 8. The monoisotopic (exact) mass is 448 g/mol. The number of morpholine rings is 1. The van der Waals surface area contributed by atoms with Gasteiger partial charge in [-0.25, -0.2) is 4.79 Å². The third-order valence-electron chi connectivity index (χ3n) is 5.46. The molecule has 2 heterocycles. The first-order valence-corrected chi connectivity index (χ1v) is 11.2. The quantitative estimate of drug-likeness (QED) is 0.561. The van der Waals surface area contributed by atoms with Gasteiger partial charge in [-0.1, -0.05) is 0 Å². The lowest BCUT2D eigenvalue weighted by Crippen LogP contribution is -2.46. The SMILES string of the molecule is CCOc1cc(C(=O)OCC(=O)N2CCOC(C)C2)ccc1OCC(=O)N1CCCCC1. The Balaban J connectivity index is 1.56. The Hall–Kier alpha value is -2.81. The third kappa shape index (κ3) is 6.59. The van der Waals surface area contributed by atoms with Crippen LogP contribution in [0.15, 0.2) is 18.2 Å². The second kappa shape index (κ2) is 11.7. The Morgan fingerprint density at radius 1 is 0.969 bits per heavy atom. The summed E-state index contributed by atoms with van der Waals surface area (Å²) in [5.41, 5.74) is 0.242. The molecule has 0 saturated carbocycles. The summed E-state index contributed by atoms with van der Waals surface area (Å²) in [4.78, 5) is 40.6. The first-order valence-electron chi connectivity index (χ1n) is 11.2. The minimum absolute atomic E-state index is 0.0357. The predicted octanol–water partition coefficient (Wildman–Crippen LogP) is 1.88. The molecule has 0 radical (unpaired) electrons. The van der Waals surface area contributed by atoms with Crippen LogP contribution in [0.1, 0.15) is 43.5 Å². The lowest BCUT2D eigenvalue weighted by Gasteiger charge is -2.30. The van der Waals surface area contributed by atoms with Crippen molar-refractivity contribution in [2.45, 2.75) is 39.2 Å². The Morgan fingerprint density at radius 3 is 2.44 bits per heavy atom. The van der Waals surface area contributed by atoms with Gasteiger partial charge in [0.15, 0.2) is 24.7 Å². The van der Waals surface area contributed by atoms with Crippen molar-refractivity contribution in [3.63, 3.8) is 0 Å². The number of amides is 2. The highest BCUT2D eigenvalue weighted by Gasteiger charge is 2.23. The number of benzene rings is 1. The van der Waals surface area contributed by atoms with E-state index in [1.54, 1.807) is 11.0 Å². The lowest BCUT2D eigenvalue weighted by molar-refractivity contribution is -0.141. The number of nitrogens with zero attached hydrogens (tertiary/aromatic N) is 2. The molecule has 9 nitrogen and oxygen atoms in total. The van der Waals surface area contributed by atoms with Crippen LogP contribution in [0.2, 0.25) is 0 Å². The molecule has 2 aliphatic heterocycles. The van der Waals surface area contributed by atoms with E-state index >= 15 is 0 Å². The standard InChI is InChI=1S/C23H32N2O7/c1-3-29-20-13-18(23(28)32-16-22(27)25-11-12-30-17(2)14-25)7-8-19(20)31-15-21(26)24-9-5-4-6-10-24/h7-8,13,17H,3-6,9-12,14-16H2,1-2H3. The summed E-state index contributed by atoms with van der Waals surface area (Å²) in [5, 5.41) is 0. The van der Waals surface area contributed by atoms with Gasteiger partial charge >= 0.3 is 5.97 Å². The normalized spacial score (nSPS) is 18.8. The van der Waals surface area contributed by atoms with Gasteiger partial charge in [-0.3, -0.25) is 9.59 Å². The summed E-state index contributed by atoms with van der Waals surface area (Å²) >= 11 is 0. The van der Waals surface area contributed by atoms with Crippen LogP contribution in [-0.2, 0) is 19.1 Å². The van der Waals surface area contributed by atoms with Crippen molar-refractivity contribution in [2.24, 2.45) is 0 Å². The molecule has 3 rings (SSSR count). The van der Waals surface area contributed by atoms with Crippen molar-refractivity contribution >= 4 is 17.8 Å². The van der Waals surface area contributed by atoms with Gasteiger partial charge in [0.05, 0.1) is 24.9 Å². The van der Waals surface area contributed by atoms with Gasteiger partial charge in [0.25, 0.3) is 11.8 Å². The molecule has 2 fully saturated rings. The Bertz CT molecular complexity index is 808. The lowest BCUT2D eigenvalue weighted by atomic mass is 10.1. The molecule has 0 bridgehead atoms. The zero-order valence-corrected chi connectivity index (χ0v) is 18.8. The molecule has 1 unspecified atom stereocenters. The molecule has 0 spiro atoms. The van der Waals surface area contributed by atoms with E-state index in [0.717, 1.165) is 32.4 Å². The highest BCUT2D eigenvalue weighted by atomic mass is 16.5. The molecular formula is C23H32N2O7. The van der Waals surface area contributed by atoms with E-state index in [1.165, 1.54) is 12.1 Å². The maximum absolute atomic E-state index is 12.5. The fourth-order valence-corrected chi connectivity index (χ4v) is 3.74. The van der Waals surface area contributed by atoms with Crippen LogP contribution >= 0.6 is 0 Å². The molecule has 1 atom stereocenters. The Morgan fingerprint density at radius 2 is 1.72 bits per heavy atom. The van der Waals surface area contributed by atoms with Crippen molar-refractivity contribution in [1.82, 2.24) is 9.80 Å². The fourth-order valence-electron chi connectivity index (χ4n) is 3.74. The van der Waals surface area contributed by atoms with E-state index in [-0.39, 0.29) is 36.7 Å². The summed E-state index contributed by atoms with van der Waals surface area (Å²) < 4.78 is 21.9. The molecule has 2 saturated heterocycles. The molecule has 176 valence electrons. The zero-order valence-electron chi connectivity index (χ0n) is 18.8. The van der Waals surface area contributed by atoms with Gasteiger partial charge in [0, 0.05) is 26.2 Å². The highest BCUT2D eigenvalue weighted by molar-refractivity contribution is 5.92. The van der Waals surface area contributed by atoms with Crippen LogP contribution in [-0.4, -0.2) is 86.3 Å².